The van der Waals surface area contributed by atoms with Crippen LogP contribution in [0.1, 0.15) is 110 Å². The second-order valence-electron chi connectivity index (χ2n) is 8.93. The monoisotopic (exact) mass is 512 g/mol. The van der Waals surface area contributed by atoms with Gasteiger partial charge in [0.1, 0.15) is 18.8 Å². The van der Waals surface area contributed by atoms with Gasteiger partial charge < -0.3 is 24.9 Å². The van der Waals surface area contributed by atoms with Crippen molar-refractivity contribution < 1.29 is 43.4 Å². The molecule has 0 saturated heterocycles. The van der Waals surface area contributed by atoms with Gasteiger partial charge in [-0.15, -0.1) is 0 Å². The molecule has 0 amide bonds. The molecule has 0 rings (SSSR count). The van der Waals surface area contributed by atoms with Crippen LogP contribution >= 0.6 is 7.82 Å². The number of hydrogen-bond donors (Lipinski definition) is 4. The van der Waals surface area contributed by atoms with E-state index in [9.17, 15) is 19.4 Å². The molecule has 0 aromatic rings. The summed E-state index contributed by atoms with van der Waals surface area (Å²) < 4.78 is 25.5. The summed E-state index contributed by atoms with van der Waals surface area (Å²) in [6.45, 7) is 0.107. The molecule has 0 aliphatic carbocycles. The molecule has 34 heavy (non-hydrogen) atoms. The highest BCUT2D eigenvalue weighted by atomic mass is 31.2. The smallest absolute Gasteiger partial charge is 0.463 e. The predicted octanol–water partition coefficient (Wildman–Crippen LogP) is 4.64. The van der Waals surface area contributed by atoms with Crippen LogP contribution in [0.25, 0.3) is 0 Å². The maximum atomic E-state index is 11.7. The van der Waals surface area contributed by atoms with Crippen LogP contribution in [0.4, 0.5) is 0 Å². The minimum atomic E-state index is -4.48. The number of rotatable bonds is 25. The maximum absolute atomic E-state index is 11.7. The number of aliphatic hydroxyl groups excluding tert-OH is 3. The fourth-order valence-corrected chi connectivity index (χ4v) is 4.20. The Hall–Kier alpha value is -0.540. The summed E-state index contributed by atoms with van der Waals surface area (Å²) in [6, 6.07) is 0. The fourth-order valence-electron chi connectivity index (χ4n) is 3.40. The number of phosphoric ester groups is 1. The van der Waals surface area contributed by atoms with Gasteiger partial charge >= 0.3 is 13.8 Å². The summed E-state index contributed by atoms with van der Waals surface area (Å²) in [5.41, 5.74) is 0. The van der Waals surface area contributed by atoms with Gasteiger partial charge in [0, 0.05) is 6.42 Å². The molecule has 9 nitrogen and oxygen atoms in total. The summed E-state index contributed by atoms with van der Waals surface area (Å²) >= 11 is 0. The zero-order valence-corrected chi connectivity index (χ0v) is 22.0. The second-order valence-corrected chi connectivity index (χ2v) is 10.4. The molecule has 4 N–H and O–H groups in total. The summed E-state index contributed by atoms with van der Waals surface area (Å²) in [4.78, 5) is 21.1. The summed E-state index contributed by atoms with van der Waals surface area (Å²) in [7, 11) is -4.48. The minimum Gasteiger partial charge on any atom is -0.463 e. The molecule has 204 valence electrons. The van der Waals surface area contributed by atoms with E-state index in [1.165, 1.54) is 77.0 Å². The molecule has 0 aromatic heterocycles. The third-order valence-electron chi connectivity index (χ3n) is 5.49. The van der Waals surface area contributed by atoms with E-state index in [0.717, 1.165) is 19.3 Å². The molecule has 0 saturated carbocycles. The molecule has 0 radical (unpaired) electrons. The lowest BCUT2D eigenvalue weighted by atomic mass is 10.0. The van der Waals surface area contributed by atoms with Crippen LogP contribution in [0.5, 0.6) is 0 Å². The standard InChI is InChI=1S/C24H49O9P/c1-2-3-4-5-6-7-8-9-10-11-12-13-14-15-16-17-24(28)31-19-23(27)21-33-34(29,30)32-20-22(26)18-25/h22-23,25-27H,2-21H2,1H3,(H,29,30)/t22-,23-/m1/s1. The number of esters is 1. The van der Waals surface area contributed by atoms with Gasteiger partial charge in [-0.1, -0.05) is 96.8 Å². The van der Waals surface area contributed by atoms with E-state index in [1.54, 1.807) is 0 Å². The Balaban J connectivity index is 3.50. The van der Waals surface area contributed by atoms with E-state index >= 15 is 0 Å². The van der Waals surface area contributed by atoms with E-state index in [1.807, 2.05) is 0 Å². The van der Waals surface area contributed by atoms with Crippen LogP contribution < -0.4 is 0 Å². The van der Waals surface area contributed by atoms with Crippen molar-refractivity contribution in [1.82, 2.24) is 0 Å². The molecule has 0 aromatic carbocycles. The van der Waals surface area contributed by atoms with E-state index in [0.29, 0.717) is 0 Å². The summed E-state index contributed by atoms with van der Waals surface area (Å²) in [5, 5.41) is 27.4. The van der Waals surface area contributed by atoms with E-state index in [2.05, 4.69) is 16.0 Å². The maximum Gasteiger partial charge on any atom is 0.472 e. The summed E-state index contributed by atoms with van der Waals surface area (Å²) in [6.07, 6.45) is 16.4. The Kier molecular flexibility index (Phi) is 22.5. The van der Waals surface area contributed by atoms with Crippen LogP contribution in [0.2, 0.25) is 0 Å². The normalized spacial score (nSPS) is 15.1. The Morgan fingerprint density at radius 1 is 0.706 bits per heavy atom. The van der Waals surface area contributed by atoms with Crippen molar-refractivity contribution in [2.75, 3.05) is 26.4 Å². The van der Waals surface area contributed by atoms with Crippen molar-refractivity contribution in [3.8, 4) is 0 Å². The van der Waals surface area contributed by atoms with Gasteiger partial charge in [0.05, 0.1) is 19.8 Å². The number of unbranched alkanes of at least 4 members (excludes halogenated alkanes) is 14. The minimum absolute atomic E-state index is 0.270. The lowest BCUT2D eigenvalue weighted by Crippen LogP contribution is -2.24. The van der Waals surface area contributed by atoms with E-state index < -0.39 is 45.8 Å². The average Bonchev–Trinajstić information content (AvgIpc) is 2.82. The van der Waals surface area contributed by atoms with Gasteiger partial charge in [-0.25, -0.2) is 4.57 Å². The highest BCUT2D eigenvalue weighted by molar-refractivity contribution is 7.47. The first-order chi connectivity index (χ1) is 16.3. The largest absolute Gasteiger partial charge is 0.472 e. The SMILES string of the molecule is CCCCCCCCCCCCCCCCCC(=O)OC[C@@H](O)COP(=O)(O)OC[C@H](O)CO. The Morgan fingerprint density at radius 2 is 1.12 bits per heavy atom. The third-order valence-corrected chi connectivity index (χ3v) is 6.44. The first-order valence-corrected chi connectivity index (χ1v) is 14.5. The van der Waals surface area contributed by atoms with Crippen molar-refractivity contribution in [3.63, 3.8) is 0 Å². The Labute approximate surface area is 205 Å². The van der Waals surface area contributed by atoms with Crippen molar-refractivity contribution >= 4 is 13.8 Å². The van der Waals surface area contributed by atoms with Crippen molar-refractivity contribution in [2.45, 2.75) is 122 Å². The van der Waals surface area contributed by atoms with Crippen LogP contribution in [0, 0.1) is 0 Å². The van der Waals surface area contributed by atoms with Gasteiger partial charge in [-0.2, -0.15) is 0 Å². The third kappa shape index (κ3) is 23.2. The summed E-state index contributed by atoms with van der Waals surface area (Å²) in [5.74, 6) is -0.428. The van der Waals surface area contributed by atoms with Gasteiger partial charge in [0.15, 0.2) is 0 Å². The molecule has 0 aliphatic rings. The number of hydrogen-bond acceptors (Lipinski definition) is 8. The molecule has 3 atom stereocenters. The molecule has 0 heterocycles. The van der Waals surface area contributed by atoms with Crippen molar-refractivity contribution in [2.24, 2.45) is 0 Å². The number of carbonyl (C=O) groups excluding carboxylic acids is 1. The van der Waals surface area contributed by atoms with Crippen molar-refractivity contribution in [3.05, 3.63) is 0 Å². The molecule has 0 aliphatic heterocycles. The molecular weight excluding hydrogens is 463 g/mol. The second kappa shape index (κ2) is 22.9. The zero-order chi connectivity index (χ0) is 25.5. The number of carbonyl (C=O) groups is 1. The first kappa shape index (κ1) is 33.5. The molecule has 10 heteroatoms. The lowest BCUT2D eigenvalue weighted by Gasteiger charge is -2.16. The Bertz CT molecular complexity index is 519. The van der Waals surface area contributed by atoms with Crippen LogP contribution in [0.3, 0.4) is 0 Å². The fraction of sp³-hybridized carbons (Fsp3) is 0.958. The molecular formula is C24H49O9P. The van der Waals surface area contributed by atoms with Crippen LogP contribution in [0.15, 0.2) is 0 Å². The van der Waals surface area contributed by atoms with Gasteiger partial charge in [0.2, 0.25) is 0 Å². The topological polar surface area (TPSA) is 143 Å². The first-order valence-electron chi connectivity index (χ1n) is 13.0. The molecule has 0 spiro atoms. The van der Waals surface area contributed by atoms with E-state index in [-0.39, 0.29) is 13.0 Å². The number of ether oxygens (including phenoxy) is 1. The predicted molar refractivity (Wildman–Crippen MR) is 131 cm³/mol. The molecule has 0 fully saturated rings. The highest BCUT2D eigenvalue weighted by Crippen LogP contribution is 2.43. The van der Waals surface area contributed by atoms with Gasteiger partial charge in [-0.05, 0) is 6.42 Å². The molecule has 1 unspecified atom stereocenters. The highest BCUT2D eigenvalue weighted by Gasteiger charge is 2.24. The lowest BCUT2D eigenvalue weighted by molar-refractivity contribution is -0.147. The van der Waals surface area contributed by atoms with Crippen LogP contribution in [-0.4, -0.2) is 64.8 Å². The number of aliphatic hydroxyl groups is 3. The zero-order valence-electron chi connectivity index (χ0n) is 21.1. The van der Waals surface area contributed by atoms with Crippen LogP contribution in [-0.2, 0) is 23.1 Å². The average molecular weight is 513 g/mol. The Morgan fingerprint density at radius 3 is 1.56 bits per heavy atom. The van der Waals surface area contributed by atoms with Gasteiger partial charge in [-0.3, -0.25) is 13.8 Å². The van der Waals surface area contributed by atoms with E-state index in [4.69, 9.17) is 14.9 Å². The van der Waals surface area contributed by atoms with Crippen molar-refractivity contribution in [1.29, 1.82) is 0 Å². The molecule has 0 bridgehead atoms. The quantitative estimate of drug-likeness (QED) is 0.0781. The van der Waals surface area contributed by atoms with Gasteiger partial charge in [0.25, 0.3) is 0 Å². The number of phosphoric acid groups is 1.